The van der Waals surface area contributed by atoms with Crippen molar-refractivity contribution in [2.75, 3.05) is 59.9 Å². The smallest absolute Gasteiger partial charge is 0.00191 e. The van der Waals surface area contributed by atoms with E-state index in [1.54, 1.807) is 0 Å². The van der Waals surface area contributed by atoms with Crippen LogP contribution >= 0.6 is 0 Å². The van der Waals surface area contributed by atoms with Crippen molar-refractivity contribution < 1.29 is 0 Å². The van der Waals surface area contributed by atoms with Gasteiger partial charge < -0.3 is 14.7 Å². The van der Waals surface area contributed by atoms with Gasteiger partial charge in [0, 0.05) is 0 Å². The van der Waals surface area contributed by atoms with Gasteiger partial charge in [-0.2, -0.15) is 0 Å². The van der Waals surface area contributed by atoms with Gasteiger partial charge in [-0.15, -0.1) is 0 Å². The summed E-state index contributed by atoms with van der Waals surface area (Å²) in [7, 11) is 4.17. The molecule has 0 saturated carbocycles. The average Bonchev–Trinajstić information content (AvgIpc) is 2.78. The number of rotatable bonds is 11. The lowest BCUT2D eigenvalue weighted by molar-refractivity contribution is 0.299. The van der Waals surface area contributed by atoms with Gasteiger partial charge in [0.1, 0.15) is 0 Å². The number of hydrogen-bond donors (Lipinski definition) is 0. The van der Waals surface area contributed by atoms with Gasteiger partial charge in [-0.1, -0.05) is 96.4 Å². The van der Waals surface area contributed by atoms with Crippen molar-refractivity contribution in [1.82, 2.24) is 14.7 Å². The highest BCUT2D eigenvalue weighted by molar-refractivity contribution is 4.50. The van der Waals surface area contributed by atoms with Gasteiger partial charge >= 0.3 is 0 Å². The van der Waals surface area contributed by atoms with Crippen LogP contribution in [0.5, 0.6) is 0 Å². The first-order valence-corrected chi connectivity index (χ1v) is 13.1. The van der Waals surface area contributed by atoms with E-state index in [-0.39, 0.29) is 0 Å². The molecule has 0 radical (unpaired) electrons. The lowest BCUT2D eigenvalue weighted by atomic mass is 10.3. The third-order valence-corrected chi connectivity index (χ3v) is 3.83. The van der Waals surface area contributed by atoms with Crippen LogP contribution in [0.4, 0.5) is 0 Å². The first kappa shape index (κ1) is 42.9. The summed E-state index contributed by atoms with van der Waals surface area (Å²) in [4.78, 5) is 7.07. The van der Waals surface area contributed by atoms with Crippen LogP contribution < -0.4 is 0 Å². The minimum Gasteiger partial charge on any atom is -0.309 e. The normalized spacial score (nSPS) is 8.90. The van der Waals surface area contributed by atoms with Gasteiger partial charge in [-0.3, -0.25) is 0 Å². The summed E-state index contributed by atoms with van der Waals surface area (Å²) >= 11 is 0. The van der Waals surface area contributed by atoms with Gasteiger partial charge in [-0.25, -0.2) is 0 Å². The summed E-state index contributed by atoms with van der Waals surface area (Å²) in [5.74, 6) is 0. The van der Waals surface area contributed by atoms with E-state index in [1.165, 1.54) is 71.5 Å². The van der Waals surface area contributed by atoms with E-state index >= 15 is 0 Å². The third kappa shape index (κ3) is 58.4. The SMILES string of the molecule is CC.CC.CC.CCCCN(CC)CC.CCCN(C)C.CCCN(CC)CC. The Morgan fingerprint density at radius 3 is 0.862 bits per heavy atom. The number of hydrogen-bond acceptors (Lipinski definition) is 3. The van der Waals surface area contributed by atoms with Gasteiger partial charge in [0.05, 0.1) is 0 Å². The van der Waals surface area contributed by atoms with Crippen molar-refractivity contribution >= 4 is 0 Å². The lowest BCUT2D eigenvalue weighted by Gasteiger charge is -2.16. The van der Waals surface area contributed by atoms with Crippen molar-refractivity contribution in [2.24, 2.45) is 0 Å². The van der Waals surface area contributed by atoms with Crippen molar-refractivity contribution in [1.29, 1.82) is 0 Å². The fourth-order valence-corrected chi connectivity index (χ4v) is 2.22. The van der Waals surface area contributed by atoms with Gasteiger partial charge in [0.2, 0.25) is 0 Å². The second-order valence-electron chi connectivity index (χ2n) is 6.21. The van der Waals surface area contributed by atoms with E-state index in [0.717, 1.165) is 0 Å². The molecule has 3 heteroatoms. The molecule has 0 N–H and O–H groups in total. The monoisotopic (exact) mass is 422 g/mol. The van der Waals surface area contributed by atoms with Crippen molar-refractivity contribution in [2.45, 2.75) is 116 Å². The first-order valence-electron chi connectivity index (χ1n) is 13.1. The molecule has 0 spiro atoms. The minimum absolute atomic E-state index is 1.20. The molecule has 186 valence electrons. The summed E-state index contributed by atoms with van der Waals surface area (Å²) in [5, 5.41) is 0. The highest BCUT2D eigenvalue weighted by Crippen LogP contribution is 1.92. The molecule has 0 aromatic carbocycles. The van der Waals surface area contributed by atoms with Crippen LogP contribution in [0.2, 0.25) is 0 Å². The van der Waals surface area contributed by atoms with Crippen LogP contribution in [0.25, 0.3) is 0 Å². The number of unbranched alkanes of at least 4 members (excludes halogenated alkanes) is 1. The van der Waals surface area contributed by atoms with Crippen LogP contribution in [-0.4, -0.2) is 74.6 Å². The molecule has 0 saturated heterocycles. The van der Waals surface area contributed by atoms with E-state index in [0.29, 0.717) is 0 Å². The molecule has 29 heavy (non-hydrogen) atoms. The maximum atomic E-state index is 2.46. The zero-order valence-electron chi connectivity index (χ0n) is 24.1. The largest absolute Gasteiger partial charge is 0.309 e. The Balaban J connectivity index is -0.0000000611. The molecule has 0 bridgehead atoms. The highest BCUT2D eigenvalue weighted by atomic mass is 15.1. The number of nitrogens with zero attached hydrogens (tertiary/aromatic N) is 3. The molecule has 0 aliphatic carbocycles. The summed E-state index contributed by atoms with van der Waals surface area (Å²) < 4.78 is 0. The summed E-state index contributed by atoms with van der Waals surface area (Å²) in [5.41, 5.74) is 0. The van der Waals surface area contributed by atoms with Crippen LogP contribution in [0.3, 0.4) is 0 Å². The van der Waals surface area contributed by atoms with E-state index in [9.17, 15) is 0 Å². The zero-order valence-corrected chi connectivity index (χ0v) is 24.1. The Labute approximate surface area is 190 Å². The van der Waals surface area contributed by atoms with Crippen LogP contribution in [0.15, 0.2) is 0 Å². The molecular weight excluding hydrogens is 354 g/mol. The second-order valence-corrected chi connectivity index (χ2v) is 6.21. The van der Waals surface area contributed by atoms with Crippen LogP contribution in [0.1, 0.15) is 116 Å². The summed E-state index contributed by atoms with van der Waals surface area (Å²) in [6.07, 6.45) is 5.20. The van der Waals surface area contributed by atoms with E-state index in [2.05, 4.69) is 77.3 Å². The van der Waals surface area contributed by atoms with Crippen molar-refractivity contribution in [3.05, 3.63) is 0 Å². The topological polar surface area (TPSA) is 9.72 Å². The molecule has 0 heterocycles. The molecule has 0 aromatic rings. The van der Waals surface area contributed by atoms with E-state index in [4.69, 9.17) is 0 Å². The average molecular weight is 422 g/mol. The van der Waals surface area contributed by atoms with Gasteiger partial charge in [0.25, 0.3) is 0 Å². The van der Waals surface area contributed by atoms with E-state index < -0.39 is 0 Å². The molecule has 0 unspecified atom stereocenters. The molecular formula is C26H67N3. The molecule has 0 aliphatic heterocycles. The standard InChI is InChI=1S/C8H19N.C7H17N.C5H13N.3C2H6/c1-4-7-8-9(5-2)6-3;1-4-7-8(5-2)6-3;1-4-5-6(2)3;3*1-2/h4-8H2,1-3H3;4-7H2,1-3H3;4-5H2,1-3H3;3*1-2H3. The molecule has 0 amide bonds. The second kappa shape index (κ2) is 51.0. The predicted octanol–water partition coefficient (Wildman–Crippen LogP) is 7.90. The molecule has 0 rings (SSSR count). The van der Waals surface area contributed by atoms with Crippen LogP contribution in [-0.2, 0) is 0 Å². The molecule has 0 fully saturated rings. The maximum absolute atomic E-state index is 2.46. The Hall–Kier alpha value is -0.120. The fraction of sp³-hybridized carbons (Fsp3) is 1.00. The molecule has 0 atom stereocenters. The van der Waals surface area contributed by atoms with Crippen molar-refractivity contribution in [3.8, 4) is 0 Å². The Morgan fingerprint density at radius 1 is 0.414 bits per heavy atom. The fourth-order valence-electron chi connectivity index (χ4n) is 2.22. The molecule has 0 aliphatic rings. The Bertz CT molecular complexity index is 177. The minimum atomic E-state index is 1.20. The maximum Gasteiger partial charge on any atom is -0.00191 e. The quantitative estimate of drug-likeness (QED) is 0.335. The summed E-state index contributed by atoms with van der Waals surface area (Å²) in [6.45, 7) is 36.1. The van der Waals surface area contributed by atoms with E-state index in [1.807, 2.05) is 41.5 Å². The zero-order chi connectivity index (χ0) is 24.5. The highest BCUT2D eigenvalue weighted by Gasteiger charge is 1.94. The van der Waals surface area contributed by atoms with Gasteiger partial charge in [-0.05, 0) is 79.2 Å². The summed E-state index contributed by atoms with van der Waals surface area (Å²) in [6, 6.07) is 0. The molecule has 0 aromatic heterocycles. The predicted molar refractivity (Wildman–Crippen MR) is 144 cm³/mol. The third-order valence-electron chi connectivity index (χ3n) is 3.83. The Morgan fingerprint density at radius 2 is 0.724 bits per heavy atom. The molecule has 3 nitrogen and oxygen atoms in total. The lowest BCUT2D eigenvalue weighted by Crippen LogP contribution is -2.23. The Kier molecular flexibility index (Phi) is 75.4. The first-order chi connectivity index (χ1) is 14.0. The van der Waals surface area contributed by atoms with Crippen molar-refractivity contribution in [3.63, 3.8) is 0 Å². The van der Waals surface area contributed by atoms with Gasteiger partial charge in [0.15, 0.2) is 0 Å². The van der Waals surface area contributed by atoms with Crippen LogP contribution in [0, 0.1) is 0 Å².